The van der Waals surface area contributed by atoms with E-state index in [4.69, 9.17) is 9.47 Å². The van der Waals surface area contributed by atoms with Gasteiger partial charge in [-0.05, 0) is 86.2 Å². The molecule has 5 heterocycles. The second-order valence-electron chi connectivity index (χ2n) is 12.0. The third kappa shape index (κ3) is 5.11. The number of ether oxygens (including phenoxy) is 2. The van der Waals surface area contributed by atoms with Gasteiger partial charge in [-0.15, -0.1) is 0 Å². The van der Waals surface area contributed by atoms with Crippen LogP contribution in [-0.4, -0.2) is 63.4 Å². The van der Waals surface area contributed by atoms with Crippen LogP contribution in [0.4, 0.5) is 0 Å². The Morgan fingerprint density at radius 2 is 1.80 bits per heavy atom. The van der Waals surface area contributed by atoms with Gasteiger partial charge in [0, 0.05) is 34.8 Å². The molecule has 8 heteroatoms. The summed E-state index contributed by atoms with van der Waals surface area (Å²) >= 11 is 0. The molecule has 41 heavy (non-hydrogen) atoms. The fraction of sp³-hybridized carbons (Fsp3) is 0.424. The van der Waals surface area contributed by atoms with Crippen molar-refractivity contribution >= 4 is 16.8 Å². The van der Waals surface area contributed by atoms with Crippen molar-refractivity contribution in [2.75, 3.05) is 13.2 Å². The molecular formula is C33H37N5O3. The summed E-state index contributed by atoms with van der Waals surface area (Å²) in [5.74, 6) is 0.965. The van der Waals surface area contributed by atoms with Crippen molar-refractivity contribution < 1.29 is 14.3 Å². The summed E-state index contributed by atoms with van der Waals surface area (Å²) < 4.78 is 11.9. The number of hydrogen-bond acceptors (Lipinski definition) is 6. The van der Waals surface area contributed by atoms with Crippen LogP contribution in [-0.2, 0) is 4.74 Å². The maximum Gasteiger partial charge on any atom is 0.251 e. The molecule has 4 aromatic rings. The van der Waals surface area contributed by atoms with Crippen molar-refractivity contribution in [3.05, 3.63) is 78.1 Å². The number of nitrogens with one attached hydrogen (secondary N) is 2. The Morgan fingerprint density at radius 1 is 1.02 bits per heavy atom. The molecular weight excluding hydrogens is 514 g/mol. The first-order valence-electron chi connectivity index (χ1n) is 14.9. The van der Waals surface area contributed by atoms with Crippen LogP contribution in [0.2, 0.25) is 0 Å². The molecule has 0 spiro atoms. The van der Waals surface area contributed by atoms with E-state index in [1.165, 1.54) is 12.8 Å². The van der Waals surface area contributed by atoms with Crippen molar-refractivity contribution in [2.24, 2.45) is 5.92 Å². The first-order valence-corrected chi connectivity index (χ1v) is 14.9. The van der Waals surface area contributed by atoms with Gasteiger partial charge in [0.25, 0.3) is 5.91 Å². The fourth-order valence-electron chi connectivity index (χ4n) is 6.88. The Labute approximate surface area is 240 Å². The third-order valence-electron chi connectivity index (χ3n) is 9.00. The monoisotopic (exact) mass is 551 g/mol. The van der Waals surface area contributed by atoms with Crippen molar-refractivity contribution in [1.82, 2.24) is 25.4 Å². The van der Waals surface area contributed by atoms with Crippen molar-refractivity contribution in [3.8, 4) is 17.0 Å². The lowest BCUT2D eigenvalue weighted by Crippen LogP contribution is -2.57. The summed E-state index contributed by atoms with van der Waals surface area (Å²) in [5.41, 5.74) is 4.14. The predicted octanol–water partition coefficient (Wildman–Crippen LogP) is 5.53. The molecule has 0 aliphatic carbocycles. The lowest BCUT2D eigenvalue weighted by Gasteiger charge is -2.46. The van der Waals surface area contributed by atoms with Gasteiger partial charge in [0.15, 0.2) is 0 Å². The highest BCUT2D eigenvalue weighted by molar-refractivity contribution is 6.01. The Hall–Kier alpha value is -3.75. The zero-order valence-electron chi connectivity index (χ0n) is 23.6. The Balaban J connectivity index is 1.05. The molecule has 2 unspecified atom stereocenters. The summed E-state index contributed by atoms with van der Waals surface area (Å²) in [6, 6.07) is 21.3. The zero-order valence-corrected chi connectivity index (χ0v) is 23.6. The minimum atomic E-state index is -0.176. The van der Waals surface area contributed by atoms with Crippen LogP contribution in [0, 0.1) is 5.92 Å². The number of carbonyl (C=O) groups excluding carboxylic acids is 1. The van der Waals surface area contributed by atoms with Gasteiger partial charge < -0.3 is 14.8 Å². The topological polar surface area (TPSA) is 92.4 Å². The highest BCUT2D eigenvalue weighted by Gasteiger charge is 2.46. The number of aromatic nitrogens is 3. The second-order valence-corrected chi connectivity index (χ2v) is 12.0. The second kappa shape index (κ2) is 10.9. The van der Waals surface area contributed by atoms with Gasteiger partial charge in [-0.3, -0.25) is 19.8 Å². The molecule has 3 fully saturated rings. The fourth-order valence-corrected chi connectivity index (χ4v) is 6.88. The first kappa shape index (κ1) is 26.2. The first-order chi connectivity index (χ1) is 20.0. The maximum atomic E-state index is 13.3. The molecule has 3 aliphatic heterocycles. The smallest absolute Gasteiger partial charge is 0.251 e. The number of hydrogen-bond donors (Lipinski definition) is 2. The van der Waals surface area contributed by atoms with Gasteiger partial charge in [-0.25, -0.2) is 0 Å². The highest BCUT2D eigenvalue weighted by atomic mass is 16.5. The number of nitrogens with zero attached hydrogens (tertiary/aromatic N) is 3. The average Bonchev–Trinajstić information content (AvgIpc) is 3.48. The normalized spacial score (nSPS) is 23.4. The molecule has 2 bridgehead atoms. The standard InChI is InChI=1S/C33H37N5O3/c1-20(2)31(30-5-3-4-14-34-30)35-33(39)22-8-13-29-28(15-22)32(37-36-29)21-6-11-26(12-7-21)41-27-16-23-9-10-24(17-27)38(23)25-18-40-19-25/h3-8,11-15,20,23-25,27,31H,9-10,16-19H2,1-2H3,(H,35,39)(H,36,37)/t23-,24+,27?,31?. The van der Waals surface area contributed by atoms with Crippen molar-refractivity contribution in [3.63, 3.8) is 0 Å². The molecule has 4 atom stereocenters. The Bertz CT molecular complexity index is 1500. The maximum absolute atomic E-state index is 13.3. The minimum Gasteiger partial charge on any atom is -0.490 e. The number of piperidine rings is 1. The van der Waals surface area contributed by atoms with Gasteiger partial charge in [-0.2, -0.15) is 5.10 Å². The zero-order chi connectivity index (χ0) is 27.9. The van der Waals surface area contributed by atoms with E-state index in [-0.39, 0.29) is 24.0 Å². The van der Waals surface area contributed by atoms with E-state index in [1.807, 2.05) is 48.5 Å². The van der Waals surface area contributed by atoms with Gasteiger partial charge in [0.05, 0.1) is 42.2 Å². The van der Waals surface area contributed by atoms with Gasteiger partial charge >= 0.3 is 0 Å². The quantitative estimate of drug-likeness (QED) is 0.299. The molecule has 0 saturated carbocycles. The van der Waals surface area contributed by atoms with Crippen LogP contribution in [0.15, 0.2) is 66.9 Å². The summed E-state index contributed by atoms with van der Waals surface area (Å²) in [4.78, 5) is 20.5. The largest absolute Gasteiger partial charge is 0.490 e. The van der Waals surface area contributed by atoms with Crippen LogP contribution in [0.1, 0.15) is 61.6 Å². The molecule has 0 radical (unpaired) electrons. The summed E-state index contributed by atoms with van der Waals surface area (Å²) in [5, 5.41) is 11.8. The number of benzene rings is 2. The molecule has 2 aromatic carbocycles. The van der Waals surface area contributed by atoms with Gasteiger partial charge in [0.1, 0.15) is 11.9 Å². The van der Waals surface area contributed by atoms with Crippen molar-refractivity contribution in [1.29, 1.82) is 0 Å². The number of H-pyrrole nitrogens is 1. The molecule has 3 saturated heterocycles. The van der Waals surface area contributed by atoms with Crippen molar-refractivity contribution in [2.45, 2.75) is 69.8 Å². The SMILES string of the molecule is CC(C)C(NC(=O)c1ccc2[nH]nc(-c3ccc(OC4C[C@H]5CC[C@@H](C4)N5C4COC4)cc3)c2c1)c1ccccn1. The summed E-state index contributed by atoms with van der Waals surface area (Å²) in [7, 11) is 0. The van der Waals surface area contributed by atoms with E-state index in [0.717, 1.165) is 59.7 Å². The number of aromatic amines is 1. The van der Waals surface area contributed by atoms with Gasteiger partial charge in [-0.1, -0.05) is 19.9 Å². The molecule has 3 aliphatic rings. The Kier molecular flexibility index (Phi) is 6.96. The third-order valence-corrected chi connectivity index (χ3v) is 9.00. The predicted molar refractivity (Wildman–Crippen MR) is 158 cm³/mol. The number of rotatable bonds is 8. The summed E-state index contributed by atoms with van der Waals surface area (Å²) in [6.45, 7) is 5.94. The van der Waals surface area contributed by atoms with Crippen LogP contribution in [0.5, 0.6) is 5.75 Å². The molecule has 2 N–H and O–H groups in total. The van der Waals surface area contributed by atoms with E-state index < -0.39 is 0 Å². The van der Waals surface area contributed by atoms with Crippen LogP contribution in [0.25, 0.3) is 22.2 Å². The molecule has 1 amide bonds. The lowest BCUT2D eigenvalue weighted by atomic mass is 9.96. The molecule has 7 rings (SSSR count). The molecule has 212 valence electrons. The molecule has 8 nitrogen and oxygen atoms in total. The van der Waals surface area contributed by atoms with E-state index >= 15 is 0 Å². The highest BCUT2D eigenvalue weighted by Crippen LogP contribution is 2.40. The van der Waals surface area contributed by atoms with E-state index in [9.17, 15) is 4.79 Å². The minimum absolute atomic E-state index is 0.128. The van der Waals surface area contributed by atoms with Crippen LogP contribution >= 0.6 is 0 Å². The van der Waals surface area contributed by atoms with Gasteiger partial charge in [0.2, 0.25) is 0 Å². The molecule has 2 aromatic heterocycles. The van der Waals surface area contributed by atoms with E-state index in [1.54, 1.807) is 6.20 Å². The number of fused-ring (bicyclic) bond motifs is 3. The Morgan fingerprint density at radius 3 is 2.46 bits per heavy atom. The number of amides is 1. The summed E-state index contributed by atoms with van der Waals surface area (Å²) in [6.07, 6.45) is 6.73. The average molecular weight is 552 g/mol. The van der Waals surface area contributed by atoms with Crippen LogP contribution in [0.3, 0.4) is 0 Å². The van der Waals surface area contributed by atoms with E-state index in [0.29, 0.717) is 23.7 Å². The van der Waals surface area contributed by atoms with E-state index in [2.05, 4.69) is 51.4 Å². The number of pyridine rings is 1. The lowest BCUT2D eigenvalue weighted by molar-refractivity contribution is -0.102. The number of carbonyl (C=O) groups is 1. The van der Waals surface area contributed by atoms with Crippen LogP contribution < -0.4 is 10.1 Å².